The maximum atomic E-state index is 3.74. The summed E-state index contributed by atoms with van der Waals surface area (Å²) in [6, 6.07) is 7.51. The third kappa shape index (κ3) is 4.31. The summed E-state index contributed by atoms with van der Waals surface area (Å²) < 4.78 is 1.25. The number of likely N-dealkylation sites (tertiary alicyclic amines) is 1. The van der Waals surface area contributed by atoms with E-state index in [0.29, 0.717) is 6.04 Å². The molecular weight excluding hydrogens is 312 g/mol. The van der Waals surface area contributed by atoms with Gasteiger partial charge in [-0.3, -0.25) is 4.90 Å². The van der Waals surface area contributed by atoms with Gasteiger partial charge in [-0.2, -0.15) is 0 Å². The summed E-state index contributed by atoms with van der Waals surface area (Å²) in [4.78, 5) is 2.60. The van der Waals surface area contributed by atoms with E-state index in [2.05, 4.69) is 65.1 Å². The highest BCUT2D eigenvalue weighted by Gasteiger charge is 2.26. The van der Waals surface area contributed by atoms with Crippen molar-refractivity contribution in [2.75, 3.05) is 13.1 Å². The smallest absolute Gasteiger partial charge is 0.0247 e. The van der Waals surface area contributed by atoms with Gasteiger partial charge in [0, 0.05) is 30.1 Å². The molecule has 2 atom stereocenters. The zero-order chi connectivity index (χ0) is 14.5. The first kappa shape index (κ1) is 16.0. The molecule has 0 spiro atoms. The molecule has 1 aliphatic heterocycles. The first-order valence-corrected chi connectivity index (χ1v) is 8.61. The number of nitrogens with one attached hydrogen (secondary N) is 1. The number of rotatable bonds is 6. The van der Waals surface area contributed by atoms with Gasteiger partial charge in [0.15, 0.2) is 0 Å². The first-order chi connectivity index (χ1) is 9.60. The molecule has 0 saturated carbocycles. The van der Waals surface area contributed by atoms with Crippen LogP contribution in [0.1, 0.15) is 44.7 Å². The Kier molecular flexibility index (Phi) is 6.06. The Bertz CT molecular complexity index is 433. The molecule has 0 aliphatic carbocycles. The predicted molar refractivity (Wildman–Crippen MR) is 89.8 cm³/mol. The van der Waals surface area contributed by atoms with Gasteiger partial charge in [0.05, 0.1) is 0 Å². The lowest BCUT2D eigenvalue weighted by molar-refractivity contribution is 0.256. The lowest BCUT2D eigenvalue weighted by Crippen LogP contribution is -2.26. The van der Waals surface area contributed by atoms with Gasteiger partial charge in [-0.05, 0) is 49.4 Å². The van der Waals surface area contributed by atoms with E-state index < -0.39 is 0 Å². The van der Waals surface area contributed by atoms with E-state index in [1.807, 2.05) is 0 Å². The van der Waals surface area contributed by atoms with E-state index in [9.17, 15) is 0 Å². The van der Waals surface area contributed by atoms with Crippen molar-refractivity contribution in [2.45, 2.75) is 52.7 Å². The Labute approximate surface area is 132 Å². The highest BCUT2D eigenvalue weighted by atomic mass is 79.9. The van der Waals surface area contributed by atoms with Crippen molar-refractivity contribution in [2.24, 2.45) is 5.92 Å². The molecule has 3 heteroatoms. The average Bonchev–Trinajstić information content (AvgIpc) is 2.71. The van der Waals surface area contributed by atoms with Crippen LogP contribution in [-0.4, -0.2) is 24.0 Å². The molecule has 2 unspecified atom stereocenters. The lowest BCUT2D eigenvalue weighted by atomic mass is 10.1. The summed E-state index contributed by atoms with van der Waals surface area (Å²) in [5.74, 6) is 0.835. The van der Waals surface area contributed by atoms with Gasteiger partial charge in [0.1, 0.15) is 0 Å². The molecule has 1 aromatic rings. The van der Waals surface area contributed by atoms with Gasteiger partial charge >= 0.3 is 0 Å². The fourth-order valence-electron chi connectivity index (χ4n) is 3.06. The maximum absolute atomic E-state index is 3.74. The number of benzene rings is 1. The molecule has 2 nitrogen and oxygen atoms in total. The number of halogens is 1. The van der Waals surface area contributed by atoms with Crippen LogP contribution in [0.15, 0.2) is 22.7 Å². The molecule has 1 aromatic carbocycles. The van der Waals surface area contributed by atoms with Gasteiger partial charge in [-0.1, -0.05) is 41.9 Å². The molecule has 2 rings (SSSR count). The van der Waals surface area contributed by atoms with Crippen molar-refractivity contribution in [3.05, 3.63) is 33.8 Å². The molecule has 0 bridgehead atoms. The second-order valence-corrected chi connectivity index (χ2v) is 7.08. The molecule has 20 heavy (non-hydrogen) atoms. The number of hydrogen-bond donors (Lipinski definition) is 1. The molecular formula is C17H27BrN2. The summed E-state index contributed by atoms with van der Waals surface area (Å²) in [6.07, 6.45) is 2.51. The molecule has 0 aromatic heterocycles. The summed E-state index contributed by atoms with van der Waals surface area (Å²) >= 11 is 3.74. The van der Waals surface area contributed by atoms with Crippen LogP contribution in [0.4, 0.5) is 0 Å². The predicted octanol–water partition coefficient (Wildman–Crippen LogP) is 4.18. The molecule has 1 fully saturated rings. The summed E-state index contributed by atoms with van der Waals surface area (Å²) in [7, 11) is 0. The largest absolute Gasteiger partial charge is 0.313 e. The minimum atomic E-state index is 0.711. The summed E-state index contributed by atoms with van der Waals surface area (Å²) in [5.41, 5.74) is 2.77. The highest BCUT2D eigenvalue weighted by molar-refractivity contribution is 9.10. The fourth-order valence-corrected chi connectivity index (χ4v) is 3.62. The van der Waals surface area contributed by atoms with E-state index in [1.54, 1.807) is 0 Å². The highest BCUT2D eigenvalue weighted by Crippen LogP contribution is 2.27. The molecule has 0 amide bonds. The monoisotopic (exact) mass is 338 g/mol. The Morgan fingerprint density at radius 2 is 2.15 bits per heavy atom. The van der Waals surface area contributed by atoms with Crippen molar-refractivity contribution < 1.29 is 0 Å². The quantitative estimate of drug-likeness (QED) is 0.782. The second kappa shape index (κ2) is 7.58. The average molecular weight is 339 g/mol. The van der Waals surface area contributed by atoms with Crippen LogP contribution >= 0.6 is 15.9 Å². The maximum Gasteiger partial charge on any atom is 0.0247 e. The lowest BCUT2D eigenvalue weighted by Gasteiger charge is -2.22. The standard InChI is InChI=1S/C17H27BrN2/c1-4-7-19-10-15-5-6-16(17(18)9-15)12-20-11-13(2)8-14(20)3/h5-6,9,13-14,19H,4,7-8,10-12H2,1-3H3. The fraction of sp³-hybridized carbons (Fsp3) is 0.647. The van der Waals surface area contributed by atoms with Gasteiger partial charge < -0.3 is 5.32 Å². The molecule has 112 valence electrons. The van der Waals surface area contributed by atoms with E-state index >= 15 is 0 Å². The van der Waals surface area contributed by atoms with Crippen molar-refractivity contribution in [3.8, 4) is 0 Å². The van der Waals surface area contributed by atoms with Gasteiger partial charge in [0.2, 0.25) is 0 Å². The Balaban J connectivity index is 1.95. The molecule has 1 saturated heterocycles. The van der Waals surface area contributed by atoms with Crippen LogP contribution in [-0.2, 0) is 13.1 Å². The Hall–Kier alpha value is -0.380. The molecule has 0 radical (unpaired) electrons. The van der Waals surface area contributed by atoms with Crippen molar-refractivity contribution in [1.82, 2.24) is 10.2 Å². The summed E-state index contributed by atoms with van der Waals surface area (Å²) in [6.45, 7) is 11.2. The van der Waals surface area contributed by atoms with Crippen molar-refractivity contribution in [1.29, 1.82) is 0 Å². The normalized spacial score (nSPS) is 23.4. The third-order valence-corrected chi connectivity index (χ3v) is 4.90. The van der Waals surface area contributed by atoms with E-state index in [-0.39, 0.29) is 0 Å². The second-order valence-electron chi connectivity index (χ2n) is 6.22. The van der Waals surface area contributed by atoms with Crippen LogP contribution in [0, 0.1) is 5.92 Å². The van der Waals surface area contributed by atoms with E-state index in [0.717, 1.165) is 25.6 Å². The first-order valence-electron chi connectivity index (χ1n) is 7.82. The minimum Gasteiger partial charge on any atom is -0.313 e. The van der Waals surface area contributed by atoms with Crippen molar-refractivity contribution in [3.63, 3.8) is 0 Å². The van der Waals surface area contributed by atoms with Gasteiger partial charge in [-0.15, -0.1) is 0 Å². The van der Waals surface area contributed by atoms with Gasteiger partial charge in [-0.25, -0.2) is 0 Å². The van der Waals surface area contributed by atoms with Crippen molar-refractivity contribution >= 4 is 15.9 Å². The van der Waals surface area contributed by atoms with Crippen LogP contribution < -0.4 is 5.32 Å². The molecule has 1 N–H and O–H groups in total. The Morgan fingerprint density at radius 3 is 2.75 bits per heavy atom. The number of hydrogen-bond acceptors (Lipinski definition) is 2. The molecule has 1 aliphatic rings. The minimum absolute atomic E-state index is 0.711. The van der Waals surface area contributed by atoms with Crippen LogP contribution in [0.3, 0.4) is 0 Å². The van der Waals surface area contributed by atoms with E-state index in [4.69, 9.17) is 0 Å². The number of nitrogens with zero attached hydrogens (tertiary/aromatic N) is 1. The van der Waals surface area contributed by atoms with Crippen LogP contribution in [0.5, 0.6) is 0 Å². The Morgan fingerprint density at radius 1 is 1.35 bits per heavy atom. The van der Waals surface area contributed by atoms with Gasteiger partial charge in [0.25, 0.3) is 0 Å². The van der Waals surface area contributed by atoms with E-state index in [1.165, 1.54) is 35.0 Å². The SMILES string of the molecule is CCCNCc1ccc(CN2CC(C)CC2C)c(Br)c1. The zero-order valence-electron chi connectivity index (χ0n) is 13.0. The molecule has 1 heterocycles. The topological polar surface area (TPSA) is 15.3 Å². The van der Waals surface area contributed by atoms with Crippen LogP contribution in [0.25, 0.3) is 0 Å². The third-order valence-electron chi connectivity index (χ3n) is 4.16. The van der Waals surface area contributed by atoms with Crippen LogP contribution in [0.2, 0.25) is 0 Å². The zero-order valence-corrected chi connectivity index (χ0v) is 14.5. The summed E-state index contributed by atoms with van der Waals surface area (Å²) in [5, 5.41) is 3.45.